The highest BCUT2D eigenvalue weighted by Crippen LogP contribution is 2.44. The van der Waals surface area contributed by atoms with E-state index in [1.54, 1.807) is 0 Å². The van der Waals surface area contributed by atoms with E-state index < -0.39 is 0 Å². The number of ketones is 1. The molecule has 0 atom stereocenters. The van der Waals surface area contributed by atoms with Crippen LogP contribution in [0.4, 0.5) is 0 Å². The summed E-state index contributed by atoms with van der Waals surface area (Å²) in [5, 5.41) is 0. The summed E-state index contributed by atoms with van der Waals surface area (Å²) in [6, 6.07) is 5.97. The summed E-state index contributed by atoms with van der Waals surface area (Å²) in [4.78, 5) is 12.4. The molecule has 2 nitrogen and oxygen atoms in total. The van der Waals surface area contributed by atoms with Crippen LogP contribution in [0.2, 0.25) is 0 Å². The van der Waals surface area contributed by atoms with Crippen LogP contribution in [0.5, 0.6) is 5.75 Å². The van der Waals surface area contributed by atoms with Gasteiger partial charge in [0.25, 0.3) is 0 Å². The van der Waals surface area contributed by atoms with Gasteiger partial charge in [0.1, 0.15) is 11.4 Å². The van der Waals surface area contributed by atoms with Gasteiger partial charge in [-0.1, -0.05) is 25.5 Å². The molecule has 1 aromatic rings. The lowest BCUT2D eigenvalue weighted by atomic mass is 9.71. The number of Topliss-reactive ketones (excluding diaryl/α,β-unsaturated/α-hetero) is 1. The summed E-state index contributed by atoms with van der Waals surface area (Å²) in [5.74, 6) is 2.59. The van der Waals surface area contributed by atoms with Crippen molar-refractivity contribution in [3.05, 3.63) is 29.3 Å². The van der Waals surface area contributed by atoms with Crippen molar-refractivity contribution in [2.45, 2.75) is 58.5 Å². The molecule has 1 spiro atoms. The molecule has 3 rings (SSSR count). The van der Waals surface area contributed by atoms with Crippen LogP contribution in [0.25, 0.3) is 0 Å². The lowest BCUT2D eigenvalue weighted by molar-refractivity contribution is -0.00321. The van der Waals surface area contributed by atoms with Gasteiger partial charge in [-0.05, 0) is 56.6 Å². The lowest BCUT2D eigenvalue weighted by Gasteiger charge is -2.43. The number of aryl methyl sites for hydroxylation is 1. The van der Waals surface area contributed by atoms with Crippen molar-refractivity contribution < 1.29 is 9.53 Å². The van der Waals surface area contributed by atoms with Crippen molar-refractivity contribution >= 4 is 5.78 Å². The van der Waals surface area contributed by atoms with Crippen molar-refractivity contribution in [3.8, 4) is 5.75 Å². The number of rotatable bonds is 1. The maximum Gasteiger partial charge on any atom is 0.170 e. The second-order valence-electron chi connectivity index (χ2n) is 6.97. The molecule has 1 fully saturated rings. The normalized spacial score (nSPS) is 29.4. The van der Waals surface area contributed by atoms with Gasteiger partial charge in [0.05, 0.1) is 12.0 Å². The van der Waals surface area contributed by atoms with Gasteiger partial charge in [-0.15, -0.1) is 0 Å². The SMILES string of the molecule is Cc1ccc2c(c1)C(=O)CC1(CCC(C(C)C)CC1)O2. The van der Waals surface area contributed by atoms with Gasteiger partial charge in [-0.3, -0.25) is 4.79 Å². The molecule has 0 amide bonds. The van der Waals surface area contributed by atoms with Crippen LogP contribution in [0.3, 0.4) is 0 Å². The van der Waals surface area contributed by atoms with Crippen molar-refractivity contribution in [2.24, 2.45) is 11.8 Å². The smallest absolute Gasteiger partial charge is 0.170 e. The first-order chi connectivity index (χ1) is 9.49. The van der Waals surface area contributed by atoms with E-state index in [1.807, 2.05) is 25.1 Å². The zero-order valence-electron chi connectivity index (χ0n) is 12.7. The van der Waals surface area contributed by atoms with Crippen molar-refractivity contribution in [1.82, 2.24) is 0 Å². The summed E-state index contributed by atoms with van der Waals surface area (Å²) < 4.78 is 6.29. The molecule has 1 aromatic carbocycles. The maximum absolute atomic E-state index is 12.4. The zero-order chi connectivity index (χ0) is 14.3. The Bertz CT molecular complexity index is 522. The molecule has 2 aliphatic rings. The Morgan fingerprint density at radius 1 is 1.25 bits per heavy atom. The number of carbonyl (C=O) groups excluding carboxylic acids is 1. The Morgan fingerprint density at radius 2 is 1.95 bits per heavy atom. The third-order valence-corrected chi connectivity index (χ3v) is 5.13. The van der Waals surface area contributed by atoms with E-state index in [0.717, 1.165) is 41.6 Å². The van der Waals surface area contributed by atoms with Crippen LogP contribution in [0.15, 0.2) is 18.2 Å². The largest absolute Gasteiger partial charge is 0.486 e. The molecule has 0 aromatic heterocycles. The van der Waals surface area contributed by atoms with Gasteiger partial charge in [0.15, 0.2) is 5.78 Å². The van der Waals surface area contributed by atoms with Crippen molar-refractivity contribution in [2.75, 3.05) is 0 Å². The summed E-state index contributed by atoms with van der Waals surface area (Å²) in [7, 11) is 0. The van der Waals surface area contributed by atoms with Gasteiger partial charge >= 0.3 is 0 Å². The lowest BCUT2D eigenvalue weighted by Crippen LogP contribution is -2.45. The highest BCUT2D eigenvalue weighted by Gasteiger charge is 2.43. The van der Waals surface area contributed by atoms with E-state index in [-0.39, 0.29) is 11.4 Å². The van der Waals surface area contributed by atoms with Crippen molar-refractivity contribution in [3.63, 3.8) is 0 Å². The fourth-order valence-electron chi connectivity index (χ4n) is 3.72. The third kappa shape index (κ3) is 2.36. The Morgan fingerprint density at radius 3 is 2.60 bits per heavy atom. The highest BCUT2D eigenvalue weighted by molar-refractivity contribution is 6.00. The summed E-state index contributed by atoms with van der Waals surface area (Å²) in [6.07, 6.45) is 4.98. The molecule has 20 heavy (non-hydrogen) atoms. The minimum atomic E-state index is -0.218. The number of ether oxygens (including phenoxy) is 1. The number of fused-ring (bicyclic) bond motifs is 1. The zero-order valence-corrected chi connectivity index (χ0v) is 12.7. The molecule has 0 saturated heterocycles. The number of carbonyl (C=O) groups is 1. The molecule has 0 radical (unpaired) electrons. The molecule has 0 unspecified atom stereocenters. The molecule has 0 N–H and O–H groups in total. The fourth-order valence-corrected chi connectivity index (χ4v) is 3.72. The molecule has 1 aliphatic carbocycles. The monoisotopic (exact) mass is 272 g/mol. The van der Waals surface area contributed by atoms with Crippen LogP contribution in [0.1, 0.15) is 61.9 Å². The second-order valence-corrected chi connectivity index (χ2v) is 6.97. The van der Waals surface area contributed by atoms with E-state index in [9.17, 15) is 4.79 Å². The van der Waals surface area contributed by atoms with Gasteiger partial charge in [0, 0.05) is 0 Å². The predicted octanol–water partition coefficient (Wildman–Crippen LogP) is 4.55. The Kier molecular flexibility index (Phi) is 3.35. The van der Waals surface area contributed by atoms with E-state index in [0.29, 0.717) is 6.42 Å². The molecule has 2 heteroatoms. The molecule has 1 heterocycles. The van der Waals surface area contributed by atoms with E-state index in [4.69, 9.17) is 4.74 Å². The minimum absolute atomic E-state index is 0.218. The van der Waals surface area contributed by atoms with Gasteiger partial charge < -0.3 is 4.74 Å². The molecule has 108 valence electrons. The van der Waals surface area contributed by atoms with E-state index in [2.05, 4.69) is 13.8 Å². The number of benzene rings is 1. The van der Waals surface area contributed by atoms with Crippen LogP contribution >= 0.6 is 0 Å². The minimum Gasteiger partial charge on any atom is -0.486 e. The first kappa shape index (κ1) is 13.7. The molecule has 1 saturated carbocycles. The van der Waals surface area contributed by atoms with Gasteiger partial charge in [-0.25, -0.2) is 0 Å². The van der Waals surface area contributed by atoms with Crippen LogP contribution < -0.4 is 4.74 Å². The topological polar surface area (TPSA) is 26.3 Å². The van der Waals surface area contributed by atoms with Gasteiger partial charge in [-0.2, -0.15) is 0 Å². The first-order valence-corrected chi connectivity index (χ1v) is 7.82. The molecular weight excluding hydrogens is 248 g/mol. The molecule has 1 aliphatic heterocycles. The quantitative estimate of drug-likeness (QED) is 0.750. The number of hydrogen-bond acceptors (Lipinski definition) is 2. The summed E-state index contributed by atoms with van der Waals surface area (Å²) in [6.45, 7) is 6.62. The average Bonchev–Trinajstić information content (AvgIpc) is 2.40. The third-order valence-electron chi connectivity index (χ3n) is 5.13. The standard InChI is InChI=1S/C18H24O2/c1-12(2)14-6-8-18(9-7-14)11-16(19)15-10-13(3)4-5-17(15)20-18/h4-5,10,12,14H,6-9,11H2,1-3H3. The summed E-state index contributed by atoms with van der Waals surface area (Å²) in [5.41, 5.74) is 1.69. The number of hydrogen-bond donors (Lipinski definition) is 0. The van der Waals surface area contributed by atoms with Gasteiger partial charge in [0.2, 0.25) is 0 Å². The molecular formula is C18H24O2. The van der Waals surface area contributed by atoms with Crippen LogP contribution in [0, 0.1) is 18.8 Å². The Labute approximate surface area is 121 Å². The van der Waals surface area contributed by atoms with Crippen molar-refractivity contribution in [1.29, 1.82) is 0 Å². The van der Waals surface area contributed by atoms with Crippen LogP contribution in [-0.4, -0.2) is 11.4 Å². The Balaban J connectivity index is 1.82. The predicted molar refractivity (Wildman–Crippen MR) is 80.3 cm³/mol. The van der Waals surface area contributed by atoms with E-state index >= 15 is 0 Å². The molecule has 0 bridgehead atoms. The van der Waals surface area contributed by atoms with Crippen LogP contribution in [-0.2, 0) is 0 Å². The van der Waals surface area contributed by atoms with E-state index in [1.165, 1.54) is 12.8 Å². The second kappa shape index (κ2) is 4.91. The fraction of sp³-hybridized carbons (Fsp3) is 0.611. The highest BCUT2D eigenvalue weighted by atomic mass is 16.5. The average molecular weight is 272 g/mol. The summed E-state index contributed by atoms with van der Waals surface area (Å²) >= 11 is 0. The maximum atomic E-state index is 12.4. The first-order valence-electron chi connectivity index (χ1n) is 7.82. The Hall–Kier alpha value is -1.31.